The van der Waals surface area contributed by atoms with Crippen molar-refractivity contribution >= 4 is 0 Å². The fourth-order valence-corrected chi connectivity index (χ4v) is 2.28. The molecule has 2 aromatic heterocycles. The summed E-state index contributed by atoms with van der Waals surface area (Å²) in [4.78, 5) is 4.40. The predicted molar refractivity (Wildman–Crippen MR) is 78.9 cm³/mol. The van der Waals surface area contributed by atoms with Crippen LogP contribution in [-0.4, -0.2) is 19.3 Å². The Morgan fingerprint density at radius 1 is 1.05 bits per heavy atom. The molecule has 3 aromatic rings. The van der Waals surface area contributed by atoms with Crippen molar-refractivity contribution in [2.45, 2.75) is 26.3 Å². The van der Waals surface area contributed by atoms with Crippen LogP contribution in [0.15, 0.2) is 55.0 Å². The average molecular weight is 266 g/mol. The average Bonchev–Trinajstić information content (AvgIpc) is 3.11. The van der Waals surface area contributed by atoms with Gasteiger partial charge in [0.15, 0.2) is 0 Å². The van der Waals surface area contributed by atoms with Crippen LogP contribution in [0.3, 0.4) is 0 Å². The first-order valence-corrected chi connectivity index (χ1v) is 6.97. The number of nitrogens with zero attached hydrogens (tertiary/aromatic N) is 4. The van der Waals surface area contributed by atoms with E-state index in [-0.39, 0.29) is 0 Å². The maximum Gasteiger partial charge on any atom is 0.108 e. The number of imidazole rings is 1. The molecule has 0 unspecified atom stereocenters. The topological polar surface area (TPSA) is 35.6 Å². The number of rotatable bonds is 5. The minimum atomic E-state index is 0.773. The molecule has 1 aromatic carbocycles. The normalized spacial score (nSPS) is 10.8. The van der Waals surface area contributed by atoms with Crippen LogP contribution in [0.2, 0.25) is 0 Å². The molecule has 4 heteroatoms. The molecule has 0 radical (unpaired) electrons. The van der Waals surface area contributed by atoms with Gasteiger partial charge in [0.05, 0.1) is 17.9 Å². The lowest BCUT2D eigenvalue weighted by molar-refractivity contribution is 0.683. The van der Waals surface area contributed by atoms with E-state index in [1.165, 1.54) is 0 Å². The molecule has 2 heterocycles. The number of benzene rings is 1. The first-order chi connectivity index (χ1) is 9.86. The van der Waals surface area contributed by atoms with E-state index in [1.54, 1.807) is 0 Å². The maximum absolute atomic E-state index is 4.62. The summed E-state index contributed by atoms with van der Waals surface area (Å²) in [5.41, 5.74) is 2.13. The third kappa shape index (κ3) is 2.64. The highest BCUT2D eigenvalue weighted by molar-refractivity contribution is 5.30. The molecular formula is C16H18N4. The van der Waals surface area contributed by atoms with Gasteiger partial charge in [-0.15, -0.1) is 0 Å². The Morgan fingerprint density at radius 3 is 2.70 bits per heavy atom. The van der Waals surface area contributed by atoms with Gasteiger partial charge < -0.3 is 4.57 Å². The summed E-state index contributed by atoms with van der Waals surface area (Å²) in [5, 5.41) is 4.62. The van der Waals surface area contributed by atoms with Gasteiger partial charge in [-0.2, -0.15) is 5.10 Å². The second-order valence-corrected chi connectivity index (χ2v) is 4.81. The van der Waals surface area contributed by atoms with Crippen molar-refractivity contribution in [3.05, 3.63) is 66.5 Å². The number of para-hydroxylation sites is 1. The molecule has 4 nitrogen and oxygen atoms in total. The Labute approximate surface area is 118 Å². The van der Waals surface area contributed by atoms with E-state index >= 15 is 0 Å². The SMILES string of the molecule is CCCc1nccn1Cc1ccn(-c2ccccc2)n1. The number of hydrogen-bond acceptors (Lipinski definition) is 2. The van der Waals surface area contributed by atoms with Crippen LogP contribution >= 0.6 is 0 Å². The van der Waals surface area contributed by atoms with Crippen LogP contribution in [0.4, 0.5) is 0 Å². The molecule has 0 fully saturated rings. The molecule has 0 saturated carbocycles. The van der Waals surface area contributed by atoms with E-state index in [1.807, 2.05) is 41.5 Å². The standard InChI is InChI=1S/C16H18N4/c1-2-6-16-17-10-12-19(16)13-14-9-11-20(18-14)15-7-4-3-5-8-15/h3-5,7-12H,2,6,13H2,1H3. The molecule has 0 bridgehead atoms. The van der Waals surface area contributed by atoms with Gasteiger partial charge in [-0.25, -0.2) is 9.67 Å². The lowest BCUT2D eigenvalue weighted by Crippen LogP contribution is -2.05. The zero-order chi connectivity index (χ0) is 13.8. The summed E-state index contributed by atoms with van der Waals surface area (Å²) in [7, 11) is 0. The largest absolute Gasteiger partial charge is 0.329 e. The predicted octanol–water partition coefficient (Wildman–Crippen LogP) is 3.07. The number of hydrogen-bond donors (Lipinski definition) is 0. The van der Waals surface area contributed by atoms with E-state index in [4.69, 9.17) is 0 Å². The quantitative estimate of drug-likeness (QED) is 0.711. The van der Waals surface area contributed by atoms with Crippen LogP contribution < -0.4 is 0 Å². The molecule has 0 aliphatic heterocycles. The molecule has 3 rings (SSSR count). The van der Waals surface area contributed by atoms with Crippen LogP contribution in [0, 0.1) is 0 Å². The molecule has 0 atom stereocenters. The third-order valence-corrected chi connectivity index (χ3v) is 3.27. The van der Waals surface area contributed by atoms with Gasteiger partial charge in [-0.1, -0.05) is 25.1 Å². The lowest BCUT2D eigenvalue weighted by atomic mass is 10.3. The Bertz CT molecular complexity index is 667. The van der Waals surface area contributed by atoms with E-state index < -0.39 is 0 Å². The second kappa shape index (κ2) is 5.74. The molecule has 0 amide bonds. The fourth-order valence-electron chi connectivity index (χ4n) is 2.28. The summed E-state index contributed by atoms with van der Waals surface area (Å²) >= 11 is 0. The van der Waals surface area contributed by atoms with Crippen molar-refractivity contribution in [1.29, 1.82) is 0 Å². The highest BCUT2D eigenvalue weighted by Crippen LogP contribution is 2.09. The minimum Gasteiger partial charge on any atom is -0.329 e. The first kappa shape index (κ1) is 12.7. The Balaban J connectivity index is 1.79. The van der Waals surface area contributed by atoms with E-state index in [9.17, 15) is 0 Å². The van der Waals surface area contributed by atoms with Gasteiger partial charge in [-0.05, 0) is 24.6 Å². The molecule has 0 aliphatic carbocycles. The smallest absolute Gasteiger partial charge is 0.108 e. The summed E-state index contributed by atoms with van der Waals surface area (Å²) < 4.78 is 4.08. The van der Waals surface area contributed by atoms with Gasteiger partial charge in [-0.3, -0.25) is 0 Å². The molecule has 20 heavy (non-hydrogen) atoms. The highest BCUT2D eigenvalue weighted by Gasteiger charge is 2.05. The lowest BCUT2D eigenvalue weighted by Gasteiger charge is -2.05. The monoisotopic (exact) mass is 266 g/mol. The Kier molecular flexibility index (Phi) is 3.63. The number of aryl methyl sites for hydroxylation is 1. The summed E-state index contributed by atoms with van der Waals surface area (Å²) in [5.74, 6) is 1.13. The van der Waals surface area contributed by atoms with Gasteiger partial charge >= 0.3 is 0 Å². The molecular weight excluding hydrogens is 248 g/mol. The maximum atomic E-state index is 4.62. The summed E-state index contributed by atoms with van der Waals surface area (Å²) in [6.45, 7) is 2.94. The molecule has 0 aliphatic rings. The fraction of sp³-hybridized carbons (Fsp3) is 0.250. The molecule has 0 spiro atoms. The van der Waals surface area contributed by atoms with Crippen LogP contribution in [-0.2, 0) is 13.0 Å². The van der Waals surface area contributed by atoms with E-state index in [0.717, 1.165) is 36.6 Å². The zero-order valence-electron chi connectivity index (χ0n) is 11.6. The number of aromatic nitrogens is 4. The zero-order valence-corrected chi connectivity index (χ0v) is 11.6. The second-order valence-electron chi connectivity index (χ2n) is 4.81. The highest BCUT2D eigenvalue weighted by atomic mass is 15.3. The Morgan fingerprint density at radius 2 is 1.90 bits per heavy atom. The van der Waals surface area contributed by atoms with Crippen molar-refractivity contribution in [1.82, 2.24) is 19.3 Å². The van der Waals surface area contributed by atoms with Crippen molar-refractivity contribution in [2.24, 2.45) is 0 Å². The molecule has 0 saturated heterocycles. The van der Waals surface area contributed by atoms with Crippen LogP contribution in [0.5, 0.6) is 0 Å². The van der Waals surface area contributed by atoms with Crippen LogP contribution in [0.1, 0.15) is 24.9 Å². The molecule has 0 N–H and O–H groups in total. The minimum absolute atomic E-state index is 0.773. The van der Waals surface area contributed by atoms with E-state index in [0.29, 0.717) is 0 Å². The van der Waals surface area contributed by atoms with Gasteiger partial charge in [0.2, 0.25) is 0 Å². The molecule has 102 valence electrons. The van der Waals surface area contributed by atoms with Crippen molar-refractivity contribution < 1.29 is 0 Å². The van der Waals surface area contributed by atoms with Gasteiger partial charge in [0.1, 0.15) is 5.82 Å². The van der Waals surface area contributed by atoms with Crippen LogP contribution in [0.25, 0.3) is 5.69 Å². The van der Waals surface area contributed by atoms with E-state index in [2.05, 4.69) is 39.8 Å². The first-order valence-electron chi connectivity index (χ1n) is 6.97. The third-order valence-electron chi connectivity index (χ3n) is 3.27. The van der Waals surface area contributed by atoms with Crippen molar-refractivity contribution in [2.75, 3.05) is 0 Å². The Hall–Kier alpha value is -2.36. The van der Waals surface area contributed by atoms with Gasteiger partial charge in [0, 0.05) is 25.0 Å². The van der Waals surface area contributed by atoms with Crippen molar-refractivity contribution in [3.8, 4) is 5.69 Å². The van der Waals surface area contributed by atoms with Gasteiger partial charge in [0.25, 0.3) is 0 Å². The summed E-state index contributed by atoms with van der Waals surface area (Å²) in [6.07, 6.45) is 7.99. The van der Waals surface area contributed by atoms with Crippen molar-refractivity contribution in [3.63, 3.8) is 0 Å². The summed E-state index contributed by atoms with van der Waals surface area (Å²) in [6, 6.07) is 12.2.